The van der Waals surface area contributed by atoms with Gasteiger partial charge in [-0.2, -0.15) is 0 Å². The van der Waals surface area contributed by atoms with Crippen LogP contribution in [0.1, 0.15) is 18.4 Å². The Morgan fingerprint density at radius 3 is 3.00 bits per heavy atom. The molecule has 0 fully saturated rings. The Kier molecular flexibility index (Phi) is 3.50. The number of rotatable bonds is 3. The summed E-state index contributed by atoms with van der Waals surface area (Å²) in [4.78, 5) is 24.1. The van der Waals surface area contributed by atoms with Gasteiger partial charge >= 0.3 is 0 Å². The van der Waals surface area contributed by atoms with E-state index < -0.39 is 0 Å². The quantitative estimate of drug-likeness (QED) is 0.861. The van der Waals surface area contributed by atoms with Crippen molar-refractivity contribution in [1.82, 2.24) is 0 Å². The van der Waals surface area contributed by atoms with Crippen molar-refractivity contribution in [2.75, 3.05) is 18.6 Å². The summed E-state index contributed by atoms with van der Waals surface area (Å²) < 4.78 is 5.52. The fraction of sp³-hybridized carbons (Fsp3) is 0.385. The minimum Gasteiger partial charge on any atom is -0.491 e. The van der Waals surface area contributed by atoms with Crippen LogP contribution in [0.3, 0.4) is 0 Å². The van der Waals surface area contributed by atoms with Crippen molar-refractivity contribution < 1.29 is 14.3 Å². The molecule has 96 valence electrons. The van der Waals surface area contributed by atoms with Gasteiger partial charge in [0.15, 0.2) is 0 Å². The van der Waals surface area contributed by atoms with Gasteiger partial charge in [-0.25, -0.2) is 0 Å². The summed E-state index contributed by atoms with van der Waals surface area (Å²) in [6, 6.07) is 5.60. The molecule has 0 saturated heterocycles. The summed E-state index contributed by atoms with van der Waals surface area (Å²) in [6.07, 6.45) is 1.25. The average molecular weight is 248 g/mol. The van der Waals surface area contributed by atoms with E-state index in [2.05, 4.69) is 0 Å². The topological polar surface area (TPSA) is 72.6 Å². The molecule has 1 aromatic rings. The van der Waals surface area contributed by atoms with E-state index in [1.165, 1.54) is 0 Å². The van der Waals surface area contributed by atoms with Gasteiger partial charge < -0.3 is 15.4 Å². The zero-order valence-corrected chi connectivity index (χ0v) is 10.3. The molecule has 0 saturated carbocycles. The van der Waals surface area contributed by atoms with Gasteiger partial charge in [-0.3, -0.25) is 9.59 Å². The van der Waals surface area contributed by atoms with Gasteiger partial charge in [-0.1, -0.05) is 6.07 Å². The van der Waals surface area contributed by atoms with Gasteiger partial charge in [-0.05, 0) is 24.1 Å². The third-order valence-electron chi connectivity index (χ3n) is 2.99. The van der Waals surface area contributed by atoms with Crippen molar-refractivity contribution in [2.24, 2.45) is 5.73 Å². The number of fused-ring (bicyclic) bond motifs is 1. The smallest absolute Gasteiger partial charge is 0.230 e. The molecule has 1 aromatic carbocycles. The molecule has 0 unspecified atom stereocenters. The molecule has 5 heteroatoms. The number of nitrogens with zero attached hydrogens (tertiary/aromatic N) is 1. The molecule has 0 spiro atoms. The maximum absolute atomic E-state index is 11.7. The molecule has 2 amide bonds. The van der Waals surface area contributed by atoms with Gasteiger partial charge in [0.05, 0.1) is 18.7 Å². The van der Waals surface area contributed by atoms with Gasteiger partial charge in [-0.15, -0.1) is 0 Å². The van der Waals surface area contributed by atoms with Gasteiger partial charge in [0.25, 0.3) is 0 Å². The maximum Gasteiger partial charge on any atom is 0.230 e. The number of ether oxygens (including phenoxy) is 1. The highest BCUT2D eigenvalue weighted by Crippen LogP contribution is 2.31. The second kappa shape index (κ2) is 5.08. The van der Waals surface area contributed by atoms with E-state index in [1.54, 1.807) is 11.9 Å². The molecule has 1 heterocycles. The highest BCUT2D eigenvalue weighted by molar-refractivity contribution is 5.95. The Hall–Kier alpha value is -2.04. The van der Waals surface area contributed by atoms with Crippen molar-refractivity contribution in [2.45, 2.75) is 19.3 Å². The lowest BCUT2D eigenvalue weighted by Gasteiger charge is -2.17. The number of hydrogen-bond donors (Lipinski definition) is 1. The van der Waals surface area contributed by atoms with E-state index in [1.807, 2.05) is 18.2 Å². The number of carbonyl (C=O) groups excluding carboxylic acids is 2. The van der Waals surface area contributed by atoms with Crippen LogP contribution in [0.4, 0.5) is 5.69 Å². The molecular formula is C13H16N2O3. The summed E-state index contributed by atoms with van der Waals surface area (Å²) in [5, 5.41) is 0. The SMILES string of the molecule is CN1C(=O)CCOc2ccc(CCC(N)=O)cc21. The fourth-order valence-electron chi connectivity index (χ4n) is 1.92. The zero-order chi connectivity index (χ0) is 13.1. The van der Waals surface area contributed by atoms with Crippen molar-refractivity contribution in [1.29, 1.82) is 0 Å². The van der Waals surface area contributed by atoms with Crippen LogP contribution in [-0.4, -0.2) is 25.5 Å². The highest BCUT2D eigenvalue weighted by Gasteiger charge is 2.20. The standard InChI is InChI=1S/C13H16N2O3/c1-15-10-8-9(3-5-12(14)16)2-4-11(10)18-7-6-13(15)17/h2,4,8H,3,5-7H2,1H3,(H2,14,16). The minimum atomic E-state index is -0.328. The van der Waals surface area contributed by atoms with E-state index >= 15 is 0 Å². The molecule has 0 bridgehead atoms. The molecule has 1 aliphatic heterocycles. The number of carbonyl (C=O) groups is 2. The first-order valence-electron chi connectivity index (χ1n) is 5.88. The number of amides is 2. The monoisotopic (exact) mass is 248 g/mol. The Morgan fingerprint density at radius 2 is 2.28 bits per heavy atom. The first-order chi connectivity index (χ1) is 8.58. The van der Waals surface area contributed by atoms with Crippen LogP contribution in [-0.2, 0) is 16.0 Å². The summed E-state index contributed by atoms with van der Waals surface area (Å²) >= 11 is 0. The number of anilines is 1. The lowest BCUT2D eigenvalue weighted by Crippen LogP contribution is -2.25. The van der Waals surface area contributed by atoms with Crippen LogP contribution < -0.4 is 15.4 Å². The van der Waals surface area contributed by atoms with E-state index in [9.17, 15) is 9.59 Å². The molecule has 2 N–H and O–H groups in total. The second-order valence-corrected chi connectivity index (χ2v) is 4.32. The third-order valence-corrected chi connectivity index (χ3v) is 2.99. The second-order valence-electron chi connectivity index (χ2n) is 4.32. The van der Waals surface area contributed by atoms with Crippen molar-refractivity contribution in [3.05, 3.63) is 23.8 Å². The maximum atomic E-state index is 11.7. The number of aryl methyl sites for hydroxylation is 1. The Bertz CT molecular complexity index is 485. The van der Waals surface area contributed by atoms with Crippen LogP contribution in [0.25, 0.3) is 0 Å². The van der Waals surface area contributed by atoms with Crippen molar-refractivity contribution >= 4 is 17.5 Å². The largest absolute Gasteiger partial charge is 0.491 e. The zero-order valence-electron chi connectivity index (χ0n) is 10.3. The van der Waals surface area contributed by atoms with E-state index in [0.717, 1.165) is 11.3 Å². The van der Waals surface area contributed by atoms with E-state index in [-0.39, 0.29) is 11.8 Å². The Labute approximate surface area is 106 Å². The van der Waals surface area contributed by atoms with E-state index in [4.69, 9.17) is 10.5 Å². The Morgan fingerprint density at radius 1 is 1.50 bits per heavy atom. The summed E-state index contributed by atoms with van der Waals surface area (Å²) in [6.45, 7) is 0.400. The van der Waals surface area contributed by atoms with Gasteiger partial charge in [0.2, 0.25) is 11.8 Å². The number of primary amides is 1. The summed E-state index contributed by atoms with van der Waals surface area (Å²) in [5.74, 6) is 0.401. The first-order valence-corrected chi connectivity index (χ1v) is 5.88. The summed E-state index contributed by atoms with van der Waals surface area (Å²) in [7, 11) is 1.73. The van der Waals surface area contributed by atoms with Crippen LogP contribution in [0.15, 0.2) is 18.2 Å². The number of nitrogens with two attached hydrogens (primary N) is 1. The molecule has 18 heavy (non-hydrogen) atoms. The summed E-state index contributed by atoms with van der Waals surface area (Å²) in [5.41, 5.74) is 6.84. The van der Waals surface area contributed by atoms with Crippen LogP contribution in [0, 0.1) is 0 Å². The molecule has 5 nitrogen and oxygen atoms in total. The lowest BCUT2D eigenvalue weighted by atomic mass is 10.1. The molecular weight excluding hydrogens is 232 g/mol. The highest BCUT2D eigenvalue weighted by atomic mass is 16.5. The normalized spacial score (nSPS) is 14.7. The van der Waals surface area contributed by atoms with Gasteiger partial charge in [0.1, 0.15) is 5.75 Å². The number of benzene rings is 1. The van der Waals surface area contributed by atoms with Gasteiger partial charge in [0, 0.05) is 13.5 Å². The third kappa shape index (κ3) is 2.61. The van der Waals surface area contributed by atoms with E-state index in [0.29, 0.717) is 31.6 Å². The molecule has 0 aromatic heterocycles. The molecule has 1 aliphatic rings. The fourth-order valence-corrected chi connectivity index (χ4v) is 1.92. The predicted molar refractivity (Wildman–Crippen MR) is 67.5 cm³/mol. The lowest BCUT2D eigenvalue weighted by molar-refractivity contribution is -0.119. The van der Waals surface area contributed by atoms with Crippen LogP contribution in [0.5, 0.6) is 5.75 Å². The average Bonchev–Trinajstić information content (AvgIpc) is 2.48. The first kappa shape index (κ1) is 12.4. The van der Waals surface area contributed by atoms with Crippen molar-refractivity contribution in [3.63, 3.8) is 0 Å². The number of hydrogen-bond acceptors (Lipinski definition) is 3. The minimum absolute atomic E-state index is 0.0285. The molecule has 2 rings (SSSR count). The van der Waals surface area contributed by atoms with Crippen molar-refractivity contribution in [3.8, 4) is 5.75 Å². The molecule has 0 atom stereocenters. The van der Waals surface area contributed by atoms with Crippen LogP contribution >= 0.6 is 0 Å². The molecule has 0 radical (unpaired) electrons. The Balaban J connectivity index is 2.26. The molecule has 0 aliphatic carbocycles. The van der Waals surface area contributed by atoms with Crippen LogP contribution in [0.2, 0.25) is 0 Å². The predicted octanol–water partition coefficient (Wildman–Crippen LogP) is 0.850.